The van der Waals surface area contributed by atoms with E-state index in [4.69, 9.17) is 0 Å². The maximum absolute atomic E-state index is 12.7. The van der Waals surface area contributed by atoms with Gasteiger partial charge in [0.15, 0.2) is 0 Å². The normalized spacial score (nSPS) is 20.1. The summed E-state index contributed by atoms with van der Waals surface area (Å²) in [5.41, 5.74) is 1.18. The molecule has 2 aliphatic rings. The number of amides is 1. The fraction of sp³-hybridized carbons (Fsp3) is 0.364. The molecule has 0 spiro atoms. The van der Waals surface area contributed by atoms with E-state index in [0.29, 0.717) is 18.7 Å². The number of carbonyl (C=O) groups excluding carboxylic acids is 1. The zero-order chi connectivity index (χ0) is 23.6. The van der Waals surface area contributed by atoms with E-state index in [1.165, 1.54) is 10.4 Å². The number of nitrogens with one attached hydrogen (secondary N) is 2. The molecule has 2 aromatic carbocycles. The van der Waals surface area contributed by atoms with Gasteiger partial charge in [-0.3, -0.25) is 14.5 Å². The van der Waals surface area contributed by atoms with Gasteiger partial charge in [-0.2, -0.15) is 4.31 Å². The van der Waals surface area contributed by atoms with E-state index in [1.54, 1.807) is 49.4 Å². The Morgan fingerprint density at radius 2 is 1.76 bits per heavy atom. The number of hydrogen-bond donors (Lipinski definition) is 2. The molecule has 0 aromatic heterocycles. The van der Waals surface area contributed by atoms with Crippen LogP contribution < -0.4 is 10.0 Å². The molecule has 1 atom stereocenters. The van der Waals surface area contributed by atoms with Crippen LogP contribution in [0.5, 0.6) is 0 Å². The predicted octanol–water partition coefficient (Wildman–Crippen LogP) is 1.60. The molecule has 0 radical (unpaired) electrons. The highest BCUT2D eigenvalue weighted by Gasteiger charge is 2.31. The predicted molar refractivity (Wildman–Crippen MR) is 124 cm³/mol. The molecule has 2 aliphatic heterocycles. The summed E-state index contributed by atoms with van der Waals surface area (Å²) in [6, 6.07) is 12.1. The first-order valence-electron chi connectivity index (χ1n) is 10.8. The third kappa shape index (κ3) is 4.94. The van der Waals surface area contributed by atoms with Gasteiger partial charge in [-0.25, -0.2) is 16.8 Å². The van der Waals surface area contributed by atoms with Gasteiger partial charge in [-0.05, 0) is 49.6 Å². The van der Waals surface area contributed by atoms with Crippen LogP contribution in [0.15, 0.2) is 63.3 Å². The van der Waals surface area contributed by atoms with Crippen molar-refractivity contribution in [3.63, 3.8) is 0 Å². The Kier molecular flexibility index (Phi) is 6.55. The van der Waals surface area contributed by atoms with Crippen LogP contribution in [0.2, 0.25) is 0 Å². The van der Waals surface area contributed by atoms with Crippen molar-refractivity contribution < 1.29 is 21.6 Å². The minimum absolute atomic E-state index is 0.135. The summed E-state index contributed by atoms with van der Waals surface area (Å²) in [4.78, 5) is 17.1. The lowest BCUT2D eigenvalue weighted by molar-refractivity contribution is -0.122. The molecule has 0 bridgehead atoms. The standard InChI is InChI=1S/C22H26N4O5S2/c1-16(24-21-19-7-3-4-8-20(19)32(28,29)25-21)22(27)23-15-17-9-11-18(12-10-17)33(30,31)26-13-5-2-6-14-26/h3-4,7-12,16H,2,5-6,13-15H2,1H3,(H,23,27)(H,24,25)/t16-/m0/s1. The topological polar surface area (TPSA) is 125 Å². The van der Waals surface area contributed by atoms with Crippen LogP contribution in [0.4, 0.5) is 0 Å². The molecule has 2 heterocycles. The van der Waals surface area contributed by atoms with Crippen LogP contribution in [0.3, 0.4) is 0 Å². The fourth-order valence-corrected chi connectivity index (χ4v) is 6.61. The van der Waals surface area contributed by atoms with E-state index in [0.717, 1.165) is 24.8 Å². The zero-order valence-electron chi connectivity index (χ0n) is 18.2. The molecule has 1 fully saturated rings. The number of hydrogen-bond acceptors (Lipinski definition) is 6. The molecular weight excluding hydrogens is 464 g/mol. The average molecular weight is 491 g/mol. The summed E-state index contributed by atoms with van der Waals surface area (Å²) in [5.74, 6) is -0.239. The van der Waals surface area contributed by atoms with Gasteiger partial charge in [-0.1, -0.05) is 30.7 Å². The van der Waals surface area contributed by atoms with Crippen molar-refractivity contribution in [2.45, 2.75) is 48.6 Å². The number of piperidine rings is 1. The largest absolute Gasteiger partial charge is 0.350 e. The van der Waals surface area contributed by atoms with Crippen molar-refractivity contribution >= 4 is 31.8 Å². The molecule has 2 N–H and O–H groups in total. The Bertz CT molecular complexity index is 1280. The SMILES string of the molecule is C[C@H](N=C1NS(=O)(=O)c2ccccc21)C(=O)NCc1ccc(S(=O)(=O)N2CCCCC2)cc1. The van der Waals surface area contributed by atoms with Crippen LogP contribution in [-0.2, 0) is 31.4 Å². The molecule has 1 saturated heterocycles. The van der Waals surface area contributed by atoms with E-state index in [1.807, 2.05) is 0 Å². The highest BCUT2D eigenvalue weighted by atomic mass is 32.2. The van der Waals surface area contributed by atoms with Gasteiger partial charge in [0.25, 0.3) is 10.0 Å². The number of aliphatic imine (C=N–C) groups is 1. The molecular formula is C22H26N4O5S2. The van der Waals surface area contributed by atoms with Crippen molar-refractivity contribution in [1.29, 1.82) is 0 Å². The third-order valence-corrected chi connectivity index (χ3v) is 9.02. The van der Waals surface area contributed by atoms with Crippen LogP contribution in [0, 0.1) is 0 Å². The van der Waals surface area contributed by atoms with Crippen molar-refractivity contribution in [1.82, 2.24) is 14.3 Å². The number of carbonyl (C=O) groups is 1. The van der Waals surface area contributed by atoms with Crippen molar-refractivity contribution in [3.05, 3.63) is 59.7 Å². The molecule has 1 amide bonds. The van der Waals surface area contributed by atoms with Crippen LogP contribution >= 0.6 is 0 Å². The Morgan fingerprint density at radius 1 is 1.09 bits per heavy atom. The average Bonchev–Trinajstić information content (AvgIpc) is 3.08. The maximum atomic E-state index is 12.7. The van der Waals surface area contributed by atoms with Crippen LogP contribution in [-0.4, -0.2) is 52.0 Å². The minimum atomic E-state index is -3.67. The lowest BCUT2D eigenvalue weighted by Crippen LogP contribution is -2.35. The van der Waals surface area contributed by atoms with Crippen molar-refractivity contribution in [2.75, 3.05) is 13.1 Å². The Labute approximate surface area is 194 Å². The lowest BCUT2D eigenvalue weighted by atomic mass is 10.2. The number of rotatable bonds is 6. The number of nitrogens with zero attached hydrogens (tertiary/aromatic N) is 2. The first-order valence-corrected chi connectivity index (χ1v) is 13.7. The molecule has 176 valence electrons. The molecule has 0 saturated carbocycles. The Hall–Kier alpha value is -2.76. The molecule has 4 rings (SSSR count). The van der Waals surface area contributed by atoms with Gasteiger partial charge in [0.05, 0.1) is 9.79 Å². The van der Waals surface area contributed by atoms with Gasteiger partial charge in [0, 0.05) is 25.2 Å². The van der Waals surface area contributed by atoms with Crippen molar-refractivity contribution in [2.24, 2.45) is 4.99 Å². The fourth-order valence-electron chi connectivity index (χ4n) is 3.85. The van der Waals surface area contributed by atoms with E-state index in [-0.39, 0.29) is 28.1 Å². The Balaban J connectivity index is 1.39. The highest BCUT2D eigenvalue weighted by Crippen LogP contribution is 2.23. The van der Waals surface area contributed by atoms with Gasteiger partial charge in [-0.15, -0.1) is 0 Å². The summed E-state index contributed by atoms with van der Waals surface area (Å²) >= 11 is 0. The molecule has 2 aromatic rings. The second-order valence-electron chi connectivity index (χ2n) is 8.08. The summed E-state index contributed by atoms with van der Waals surface area (Å²) < 4.78 is 53.8. The first kappa shape index (κ1) is 23.4. The Morgan fingerprint density at radius 3 is 2.45 bits per heavy atom. The second kappa shape index (κ2) is 9.24. The van der Waals surface area contributed by atoms with E-state index >= 15 is 0 Å². The van der Waals surface area contributed by atoms with E-state index in [9.17, 15) is 21.6 Å². The summed E-state index contributed by atoms with van der Waals surface area (Å²) in [7, 11) is -7.17. The quantitative estimate of drug-likeness (QED) is 0.636. The molecule has 0 unspecified atom stereocenters. The van der Waals surface area contributed by atoms with Gasteiger partial charge >= 0.3 is 0 Å². The zero-order valence-corrected chi connectivity index (χ0v) is 19.8. The molecule has 0 aliphatic carbocycles. The molecule has 9 nitrogen and oxygen atoms in total. The first-order chi connectivity index (χ1) is 15.7. The van der Waals surface area contributed by atoms with Gasteiger partial charge < -0.3 is 5.32 Å². The molecule has 33 heavy (non-hydrogen) atoms. The molecule has 11 heteroatoms. The summed E-state index contributed by atoms with van der Waals surface area (Å²) in [5, 5.41) is 2.76. The number of sulfonamides is 2. The summed E-state index contributed by atoms with van der Waals surface area (Å²) in [6.45, 7) is 2.86. The van der Waals surface area contributed by atoms with Gasteiger partial charge in [0.1, 0.15) is 11.9 Å². The third-order valence-electron chi connectivity index (χ3n) is 5.71. The van der Waals surface area contributed by atoms with Crippen LogP contribution in [0.25, 0.3) is 0 Å². The maximum Gasteiger partial charge on any atom is 0.263 e. The minimum Gasteiger partial charge on any atom is -0.350 e. The lowest BCUT2D eigenvalue weighted by Gasteiger charge is -2.25. The van der Waals surface area contributed by atoms with Crippen molar-refractivity contribution in [3.8, 4) is 0 Å². The monoisotopic (exact) mass is 490 g/mol. The van der Waals surface area contributed by atoms with E-state index < -0.39 is 26.1 Å². The number of fused-ring (bicyclic) bond motifs is 1. The number of amidine groups is 1. The van der Waals surface area contributed by atoms with E-state index in [2.05, 4.69) is 15.0 Å². The second-order valence-corrected chi connectivity index (χ2v) is 11.7. The van der Waals surface area contributed by atoms with Crippen LogP contribution in [0.1, 0.15) is 37.3 Å². The number of benzene rings is 2. The van der Waals surface area contributed by atoms with Gasteiger partial charge in [0.2, 0.25) is 15.9 Å². The summed E-state index contributed by atoms with van der Waals surface area (Å²) in [6.07, 6.45) is 2.80. The highest BCUT2D eigenvalue weighted by molar-refractivity contribution is 7.90. The smallest absolute Gasteiger partial charge is 0.263 e.